The van der Waals surface area contributed by atoms with E-state index in [4.69, 9.17) is 13.9 Å². The number of para-hydroxylation sites is 2. The van der Waals surface area contributed by atoms with E-state index in [1.165, 1.54) is 19.4 Å². The zero-order valence-corrected chi connectivity index (χ0v) is 14.5. The summed E-state index contributed by atoms with van der Waals surface area (Å²) in [6, 6.07) is 7.61. The molecule has 4 rings (SSSR count). The summed E-state index contributed by atoms with van der Waals surface area (Å²) in [5.74, 6) is 3.64. The van der Waals surface area contributed by atoms with Crippen LogP contribution in [0.2, 0.25) is 0 Å². The smallest absolute Gasteiger partial charge is 0.276 e. The van der Waals surface area contributed by atoms with Crippen LogP contribution in [0, 0.1) is 5.92 Å². The molecule has 2 atom stereocenters. The minimum atomic E-state index is -0.345. The van der Waals surface area contributed by atoms with Crippen LogP contribution in [0.15, 0.2) is 33.9 Å². The molecule has 2 aliphatic heterocycles. The van der Waals surface area contributed by atoms with Gasteiger partial charge < -0.3 is 18.8 Å². The molecule has 1 fully saturated rings. The van der Waals surface area contributed by atoms with Crippen molar-refractivity contribution in [2.24, 2.45) is 5.92 Å². The lowest BCUT2D eigenvalue weighted by atomic mass is 10.0. The van der Waals surface area contributed by atoms with Gasteiger partial charge in [0.2, 0.25) is 6.10 Å². The molecule has 7 heteroatoms. The summed E-state index contributed by atoms with van der Waals surface area (Å²) in [6.45, 7) is 2.73. The number of likely N-dealkylation sites (tertiary alicyclic amines) is 1. The maximum Gasteiger partial charge on any atom is 0.276 e. The number of piperidine rings is 1. The fraction of sp³-hybridized carbons (Fsp3) is 0.529. The summed E-state index contributed by atoms with van der Waals surface area (Å²) in [5, 5.41) is 8.90. The lowest BCUT2D eigenvalue weighted by molar-refractivity contribution is 0.0686. The summed E-state index contributed by atoms with van der Waals surface area (Å²) in [5.41, 5.74) is 0. The quantitative estimate of drug-likeness (QED) is 0.788. The van der Waals surface area contributed by atoms with E-state index in [9.17, 15) is 0 Å². The molecule has 1 saturated heterocycles. The van der Waals surface area contributed by atoms with Crippen molar-refractivity contribution in [1.82, 2.24) is 15.1 Å². The van der Waals surface area contributed by atoms with Crippen molar-refractivity contribution in [3.05, 3.63) is 30.2 Å². The van der Waals surface area contributed by atoms with Crippen LogP contribution in [0.4, 0.5) is 0 Å². The van der Waals surface area contributed by atoms with Crippen molar-refractivity contribution < 1.29 is 13.9 Å². The van der Waals surface area contributed by atoms with Gasteiger partial charge in [0.1, 0.15) is 6.61 Å². The van der Waals surface area contributed by atoms with Crippen LogP contribution >= 0.6 is 11.8 Å². The van der Waals surface area contributed by atoms with Crippen LogP contribution in [0.3, 0.4) is 0 Å². The molecule has 6 nitrogen and oxygen atoms in total. The molecule has 0 amide bonds. The molecule has 2 aliphatic rings. The van der Waals surface area contributed by atoms with Crippen LogP contribution in [0.25, 0.3) is 0 Å². The number of hydrogen-bond donors (Lipinski definition) is 0. The lowest BCUT2D eigenvalue weighted by Gasteiger charge is -2.28. The summed E-state index contributed by atoms with van der Waals surface area (Å²) in [6.07, 6.45) is 2.19. The molecule has 0 N–H and O–H groups in total. The van der Waals surface area contributed by atoms with Gasteiger partial charge >= 0.3 is 0 Å². The maximum atomic E-state index is 5.90. The highest BCUT2D eigenvalue weighted by molar-refractivity contribution is 7.99. The molecular formula is C17H21N3O3S. The zero-order valence-electron chi connectivity index (χ0n) is 13.7. The minimum Gasteiger partial charge on any atom is -0.485 e. The normalized spacial score (nSPS) is 24.0. The maximum absolute atomic E-state index is 5.90. The van der Waals surface area contributed by atoms with Gasteiger partial charge in [0.05, 0.1) is 0 Å². The van der Waals surface area contributed by atoms with Crippen LogP contribution in [-0.4, -0.2) is 47.6 Å². The molecule has 128 valence electrons. The SMILES string of the molecule is CN1CCCC(CSc2nnc(C3COc4ccccc4O3)o2)C1. The first-order chi connectivity index (χ1) is 11.8. The van der Waals surface area contributed by atoms with Gasteiger partial charge in [0, 0.05) is 12.3 Å². The van der Waals surface area contributed by atoms with Crippen LogP contribution in [0.5, 0.6) is 11.5 Å². The zero-order chi connectivity index (χ0) is 16.4. The number of hydrogen-bond acceptors (Lipinski definition) is 7. The van der Waals surface area contributed by atoms with Crippen LogP contribution in [0.1, 0.15) is 24.8 Å². The molecule has 0 radical (unpaired) electrons. The molecule has 0 saturated carbocycles. The Morgan fingerprint density at radius 3 is 3.00 bits per heavy atom. The highest BCUT2D eigenvalue weighted by atomic mass is 32.2. The van der Waals surface area contributed by atoms with E-state index in [0.29, 0.717) is 29.4 Å². The van der Waals surface area contributed by atoms with Gasteiger partial charge in [-0.25, -0.2) is 0 Å². The molecule has 3 heterocycles. The number of benzene rings is 1. The van der Waals surface area contributed by atoms with Crippen molar-refractivity contribution >= 4 is 11.8 Å². The van der Waals surface area contributed by atoms with Crippen molar-refractivity contribution in [2.75, 3.05) is 32.5 Å². The average molecular weight is 347 g/mol. The molecule has 0 spiro atoms. The average Bonchev–Trinajstić information content (AvgIpc) is 3.09. The topological polar surface area (TPSA) is 60.6 Å². The second-order valence-corrected chi connectivity index (χ2v) is 7.32. The Kier molecular flexibility index (Phi) is 4.62. The van der Waals surface area contributed by atoms with E-state index in [0.717, 1.165) is 18.0 Å². The second-order valence-electron chi connectivity index (χ2n) is 6.35. The van der Waals surface area contributed by atoms with E-state index < -0.39 is 0 Å². The number of thioether (sulfide) groups is 1. The van der Waals surface area contributed by atoms with Crippen molar-refractivity contribution in [1.29, 1.82) is 0 Å². The van der Waals surface area contributed by atoms with Gasteiger partial charge in [-0.15, -0.1) is 10.2 Å². The van der Waals surface area contributed by atoms with E-state index >= 15 is 0 Å². The highest BCUT2D eigenvalue weighted by Gasteiger charge is 2.27. The first kappa shape index (κ1) is 15.8. The molecule has 0 bridgehead atoms. The Morgan fingerprint density at radius 2 is 2.12 bits per heavy atom. The van der Waals surface area contributed by atoms with Crippen molar-refractivity contribution in [2.45, 2.75) is 24.2 Å². The number of aromatic nitrogens is 2. The summed E-state index contributed by atoms with van der Waals surface area (Å²) < 4.78 is 17.4. The predicted molar refractivity (Wildman–Crippen MR) is 90.5 cm³/mol. The fourth-order valence-corrected chi connectivity index (χ4v) is 4.04. The van der Waals surface area contributed by atoms with Gasteiger partial charge in [0.25, 0.3) is 11.1 Å². The molecule has 2 aromatic rings. The molecule has 1 aromatic heterocycles. The van der Waals surface area contributed by atoms with Crippen LogP contribution in [-0.2, 0) is 0 Å². The van der Waals surface area contributed by atoms with Crippen molar-refractivity contribution in [3.63, 3.8) is 0 Å². The van der Waals surface area contributed by atoms with E-state index in [1.807, 2.05) is 24.3 Å². The monoisotopic (exact) mass is 347 g/mol. The molecule has 2 unspecified atom stereocenters. The first-order valence-electron chi connectivity index (χ1n) is 8.31. The Labute approximate surface area is 145 Å². The summed E-state index contributed by atoms with van der Waals surface area (Å²) in [7, 11) is 2.18. The van der Waals surface area contributed by atoms with E-state index in [1.54, 1.807) is 11.8 Å². The molecule has 1 aromatic carbocycles. The third kappa shape index (κ3) is 3.52. The summed E-state index contributed by atoms with van der Waals surface area (Å²) >= 11 is 1.64. The molecule has 0 aliphatic carbocycles. The number of rotatable bonds is 4. The second kappa shape index (κ2) is 7.03. The Hall–Kier alpha value is -1.73. The van der Waals surface area contributed by atoms with Gasteiger partial charge in [-0.1, -0.05) is 23.9 Å². The largest absolute Gasteiger partial charge is 0.485 e. The Balaban J connectivity index is 1.35. The molecule has 24 heavy (non-hydrogen) atoms. The van der Waals surface area contributed by atoms with Gasteiger partial charge in [0.15, 0.2) is 11.5 Å². The predicted octanol–water partition coefficient (Wildman–Crippen LogP) is 3.02. The minimum absolute atomic E-state index is 0.345. The van der Waals surface area contributed by atoms with E-state index in [-0.39, 0.29) is 6.10 Å². The number of fused-ring (bicyclic) bond motifs is 1. The fourth-order valence-electron chi connectivity index (χ4n) is 3.15. The summed E-state index contributed by atoms with van der Waals surface area (Å²) in [4.78, 5) is 2.39. The number of ether oxygens (including phenoxy) is 2. The number of nitrogens with zero attached hydrogens (tertiary/aromatic N) is 3. The Morgan fingerprint density at radius 1 is 1.25 bits per heavy atom. The van der Waals surface area contributed by atoms with Gasteiger partial charge in [-0.3, -0.25) is 0 Å². The van der Waals surface area contributed by atoms with Crippen LogP contribution < -0.4 is 9.47 Å². The highest BCUT2D eigenvalue weighted by Crippen LogP contribution is 2.36. The van der Waals surface area contributed by atoms with Gasteiger partial charge in [-0.2, -0.15) is 0 Å². The lowest BCUT2D eigenvalue weighted by Crippen LogP contribution is -2.33. The standard InChI is InChI=1S/C17H21N3O3S/c1-20-8-4-5-12(9-20)11-24-17-19-18-16(23-17)15-10-21-13-6-2-3-7-14(13)22-15/h2-3,6-7,12,15H,4-5,8-11H2,1H3. The third-order valence-electron chi connectivity index (χ3n) is 4.37. The van der Waals surface area contributed by atoms with Gasteiger partial charge in [-0.05, 0) is 44.5 Å². The Bertz CT molecular complexity index is 693. The molecular weight excluding hydrogens is 326 g/mol. The van der Waals surface area contributed by atoms with E-state index in [2.05, 4.69) is 22.1 Å². The third-order valence-corrected chi connectivity index (χ3v) is 5.42. The first-order valence-corrected chi connectivity index (χ1v) is 9.30. The van der Waals surface area contributed by atoms with Crippen molar-refractivity contribution in [3.8, 4) is 11.5 Å².